The molecule has 1 aliphatic heterocycles. The monoisotopic (exact) mass is 370 g/mol. The second-order valence-corrected chi connectivity index (χ2v) is 6.63. The number of carbonyl (C=O) groups is 2. The molecule has 0 aromatic heterocycles. The lowest BCUT2D eigenvalue weighted by Crippen LogP contribution is -2.52. The number of rotatable bonds is 5. The lowest BCUT2D eigenvalue weighted by Gasteiger charge is -2.34. The summed E-state index contributed by atoms with van der Waals surface area (Å²) in [5.41, 5.74) is 1.47. The molecule has 1 fully saturated rings. The van der Waals surface area contributed by atoms with Crippen molar-refractivity contribution in [3.63, 3.8) is 0 Å². The summed E-state index contributed by atoms with van der Waals surface area (Å²) in [7, 11) is 0. The molecular formula is C21H23FN2O3. The molecule has 0 saturated carbocycles. The molecule has 1 heterocycles. The number of ether oxygens (including phenoxy) is 1. The molecule has 2 aromatic carbocycles. The van der Waals surface area contributed by atoms with Crippen molar-refractivity contribution < 1.29 is 18.7 Å². The van der Waals surface area contributed by atoms with Crippen molar-refractivity contribution in [2.75, 3.05) is 32.8 Å². The molecule has 0 radical (unpaired) electrons. The molecule has 142 valence electrons. The zero-order valence-corrected chi connectivity index (χ0v) is 15.4. The molecule has 0 aliphatic carbocycles. The van der Waals surface area contributed by atoms with Gasteiger partial charge in [-0.05, 0) is 36.2 Å². The van der Waals surface area contributed by atoms with Gasteiger partial charge in [-0.3, -0.25) is 9.59 Å². The highest BCUT2D eigenvalue weighted by Crippen LogP contribution is 2.13. The molecule has 1 aliphatic rings. The van der Waals surface area contributed by atoms with Gasteiger partial charge in [0.2, 0.25) is 5.91 Å². The van der Waals surface area contributed by atoms with Crippen molar-refractivity contribution in [2.24, 2.45) is 0 Å². The van der Waals surface area contributed by atoms with E-state index < -0.39 is 0 Å². The Bertz CT molecular complexity index is 817. The Hall–Kier alpha value is -2.89. The number of amides is 2. The maximum atomic E-state index is 13.7. The van der Waals surface area contributed by atoms with E-state index in [1.165, 1.54) is 6.07 Å². The van der Waals surface area contributed by atoms with E-state index in [0.29, 0.717) is 37.5 Å². The summed E-state index contributed by atoms with van der Waals surface area (Å²) in [6, 6.07) is 13.8. The predicted molar refractivity (Wildman–Crippen MR) is 99.9 cm³/mol. The fourth-order valence-electron chi connectivity index (χ4n) is 3.06. The van der Waals surface area contributed by atoms with Gasteiger partial charge >= 0.3 is 0 Å². The van der Waals surface area contributed by atoms with Crippen molar-refractivity contribution in [3.8, 4) is 5.75 Å². The Labute approximate surface area is 158 Å². The van der Waals surface area contributed by atoms with Gasteiger partial charge in [0.15, 0.2) is 6.61 Å². The summed E-state index contributed by atoms with van der Waals surface area (Å²) < 4.78 is 19.3. The van der Waals surface area contributed by atoms with Crippen LogP contribution in [0.1, 0.15) is 11.1 Å². The molecule has 1 saturated heterocycles. The van der Waals surface area contributed by atoms with Crippen molar-refractivity contribution in [2.45, 2.75) is 13.3 Å². The minimum absolute atomic E-state index is 0.0212. The Morgan fingerprint density at radius 1 is 0.963 bits per heavy atom. The van der Waals surface area contributed by atoms with Crippen molar-refractivity contribution in [3.05, 3.63) is 65.5 Å². The average molecular weight is 370 g/mol. The smallest absolute Gasteiger partial charge is 0.260 e. The fraction of sp³-hybridized carbons (Fsp3) is 0.333. The number of piperazine rings is 1. The van der Waals surface area contributed by atoms with Crippen LogP contribution in [0.3, 0.4) is 0 Å². The van der Waals surface area contributed by atoms with Gasteiger partial charge in [0.05, 0.1) is 6.42 Å². The minimum atomic E-state index is -0.368. The number of carbonyl (C=O) groups excluding carboxylic acids is 2. The molecule has 0 atom stereocenters. The van der Waals surface area contributed by atoms with E-state index in [-0.39, 0.29) is 30.7 Å². The summed E-state index contributed by atoms with van der Waals surface area (Å²) in [5, 5.41) is 0. The van der Waals surface area contributed by atoms with Crippen LogP contribution in [0.2, 0.25) is 0 Å². The van der Waals surface area contributed by atoms with Gasteiger partial charge < -0.3 is 14.5 Å². The Morgan fingerprint density at radius 3 is 2.30 bits per heavy atom. The fourth-order valence-corrected chi connectivity index (χ4v) is 3.06. The van der Waals surface area contributed by atoms with Gasteiger partial charge in [0.25, 0.3) is 5.91 Å². The predicted octanol–water partition coefficient (Wildman–Crippen LogP) is 2.43. The van der Waals surface area contributed by atoms with Gasteiger partial charge in [-0.1, -0.05) is 30.3 Å². The number of benzene rings is 2. The van der Waals surface area contributed by atoms with Crippen molar-refractivity contribution >= 4 is 11.8 Å². The third-order valence-electron chi connectivity index (χ3n) is 4.64. The van der Waals surface area contributed by atoms with Crippen LogP contribution < -0.4 is 4.74 Å². The van der Waals surface area contributed by atoms with E-state index in [4.69, 9.17) is 4.74 Å². The Kier molecular flexibility index (Phi) is 6.06. The van der Waals surface area contributed by atoms with Gasteiger partial charge in [-0.2, -0.15) is 0 Å². The van der Waals surface area contributed by atoms with Crippen LogP contribution in [0.25, 0.3) is 0 Å². The Balaban J connectivity index is 1.46. The molecule has 0 N–H and O–H groups in total. The second kappa shape index (κ2) is 8.66. The molecule has 0 spiro atoms. The maximum Gasteiger partial charge on any atom is 0.260 e. The number of hydrogen-bond donors (Lipinski definition) is 0. The molecular weight excluding hydrogens is 347 g/mol. The van der Waals surface area contributed by atoms with Gasteiger partial charge in [0, 0.05) is 26.2 Å². The van der Waals surface area contributed by atoms with Crippen LogP contribution in [-0.2, 0) is 16.0 Å². The summed E-state index contributed by atoms with van der Waals surface area (Å²) in [4.78, 5) is 28.1. The second-order valence-electron chi connectivity index (χ2n) is 6.63. The molecule has 5 nitrogen and oxygen atoms in total. The SMILES string of the molecule is Cc1cccc(OCC(=O)N2CCN(C(=O)Cc3ccccc3F)CC2)c1. The number of aryl methyl sites for hydroxylation is 1. The van der Waals surface area contributed by atoms with Crippen LogP contribution in [0.15, 0.2) is 48.5 Å². The zero-order chi connectivity index (χ0) is 19.2. The normalized spacial score (nSPS) is 14.1. The average Bonchev–Trinajstić information content (AvgIpc) is 2.68. The van der Waals surface area contributed by atoms with E-state index >= 15 is 0 Å². The van der Waals surface area contributed by atoms with E-state index in [1.807, 2.05) is 31.2 Å². The van der Waals surface area contributed by atoms with Gasteiger partial charge in [-0.15, -0.1) is 0 Å². The third kappa shape index (κ3) is 5.06. The van der Waals surface area contributed by atoms with Crippen LogP contribution in [-0.4, -0.2) is 54.4 Å². The minimum Gasteiger partial charge on any atom is -0.484 e. The first-order chi connectivity index (χ1) is 13.0. The summed E-state index contributed by atoms with van der Waals surface area (Å²) in [6.07, 6.45) is 0.0388. The lowest BCUT2D eigenvalue weighted by molar-refractivity contribution is -0.140. The van der Waals surface area contributed by atoms with Gasteiger partial charge in [0.1, 0.15) is 11.6 Å². The highest BCUT2D eigenvalue weighted by atomic mass is 19.1. The summed E-state index contributed by atoms with van der Waals surface area (Å²) >= 11 is 0. The Morgan fingerprint density at radius 2 is 1.63 bits per heavy atom. The zero-order valence-electron chi connectivity index (χ0n) is 15.4. The van der Waals surface area contributed by atoms with Crippen LogP contribution >= 0.6 is 0 Å². The first-order valence-electron chi connectivity index (χ1n) is 9.01. The maximum absolute atomic E-state index is 13.7. The van der Waals surface area contributed by atoms with E-state index in [0.717, 1.165) is 5.56 Å². The van der Waals surface area contributed by atoms with Crippen LogP contribution in [0.4, 0.5) is 4.39 Å². The molecule has 6 heteroatoms. The first-order valence-corrected chi connectivity index (χ1v) is 9.01. The standard InChI is InChI=1S/C21H23FN2O3/c1-16-5-4-7-18(13-16)27-15-21(26)24-11-9-23(10-12-24)20(25)14-17-6-2-3-8-19(17)22/h2-8,13H,9-12,14-15H2,1H3. The first kappa shape index (κ1) is 18.9. The quantitative estimate of drug-likeness (QED) is 0.812. The van der Waals surface area contributed by atoms with E-state index in [9.17, 15) is 14.0 Å². The molecule has 27 heavy (non-hydrogen) atoms. The molecule has 0 unspecified atom stereocenters. The van der Waals surface area contributed by atoms with Crippen LogP contribution in [0, 0.1) is 12.7 Å². The molecule has 0 bridgehead atoms. The summed E-state index contributed by atoms with van der Waals surface area (Å²) in [6.45, 7) is 3.75. The molecule has 2 aromatic rings. The van der Waals surface area contributed by atoms with Crippen molar-refractivity contribution in [1.29, 1.82) is 0 Å². The van der Waals surface area contributed by atoms with E-state index in [2.05, 4.69) is 0 Å². The number of nitrogens with zero attached hydrogens (tertiary/aromatic N) is 2. The van der Waals surface area contributed by atoms with Gasteiger partial charge in [-0.25, -0.2) is 4.39 Å². The van der Waals surface area contributed by atoms with Crippen molar-refractivity contribution in [1.82, 2.24) is 9.80 Å². The third-order valence-corrected chi connectivity index (χ3v) is 4.64. The topological polar surface area (TPSA) is 49.9 Å². The molecule has 2 amide bonds. The largest absolute Gasteiger partial charge is 0.484 e. The summed E-state index contributed by atoms with van der Waals surface area (Å²) in [5.74, 6) is 0.0796. The van der Waals surface area contributed by atoms with E-state index in [1.54, 1.807) is 28.0 Å². The molecule has 3 rings (SSSR count). The lowest BCUT2D eigenvalue weighted by atomic mass is 10.1. The highest BCUT2D eigenvalue weighted by molar-refractivity contribution is 5.80. The van der Waals surface area contributed by atoms with Crippen LogP contribution in [0.5, 0.6) is 5.75 Å². The number of hydrogen-bond acceptors (Lipinski definition) is 3. The highest BCUT2D eigenvalue weighted by Gasteiger charge is 2.24. The number of halogens is 1.